The molecule has 0 atom stereocenters. The molecule has 0 fully saturated rings. The monoisotopic (exact) mass is 326 g/mol. The summed E-state index contributed by atoms with van der Waals surface area (Å²) in [6.07, 6.45) is 1.70. The van der Waals surface area contributed by atoms with E-state index in [-0.39, 0.29) is 6.03 Å². The number of amides is 2. The number of nitrogens with zero attached hydrogens (tertiary/aromatic N) is 1. The summed E-state index contributed by atoms with van der Waals surface area (Å²) in [4.78, 5) is 13.8. The van der Waals surface area contributed by atoms with Crippen molar-refractivity contribution in [3.05, 3.63) is 66.7 Å². The molecule has 0 unspecified atom stereocenters. The molecular weight excluding hydrogens is 304 g/mol. The molecular formula is C19H22N2O3. The first kappa shape index (κ1) is 17.4. The molecule has 1 N–H and O–H groups in total. The highest BCUT2D eigenvalue weighted by Gasteiger charge is 2.09. The highest BCUT2D eigenvalue weighted by atomic mass is 16.5. The van der Waals surface area contributed by atoms with E-state index in [2.05, 4.69) is 11.9 Å². The standard InChI is InChI=1S/C19H22N2O3/c1-4-13-24-18-9-5-15(6-10-18)14-21(2)19(22)20-16-7-11-17(23-3)12-8-16/h4-12H,1,13-14H2,2-3H3,(H,20,22). The number of rotatable bonds is 7. The van der Waals surface area contributed by atoms with E-state index in [1.54, 1.807) is 49.4 Å². The average Bonchev–Trinajstić information content (AvgIpc) is 2.61. The normalized spacial score (nSPS) is 9.92. The van der Waals surface area contributed by atoms with Gasteiger partial charge in [0.25, 0.3) is 0 Å². The van der Waals surface area contributed by atoms with Crippen molar-refractivity contribution in [3.8, 4) is 11.5 Å². The van der Waals surface area contributed by atoms with Crippen LogP contribution in [-0.4, -0.2) is 31.7 Å². The number of nitrogens with one attached hydrogen (secondary N) is 1. The van der Waals surface area contributed by atoms with Crippen LogP contribution in [0.15, 0.2) is 61.2 Å². The maximum atomic E-state index is 12.2. The maximum absolute atomic E-state index is 12.2. The van der Waals surface area contributed by atoms with Crippen molar-refractivity contribution in [1.82, 2.24) is 4.90 Å². The van der Waals surface area contributed by atoms with E-state index < -0.39 is 0 Å². The molecule has 5 nitrogen and oxygen atoms in total. The molecule has 0 radical (unpaired) electrons. The van der Waals surface area contributed by atoms with E-state index in [4.69, 9.17) is 9.47 Å². The molecule has 0 aliphatic carbocycles. The van der Waals surface area contributed by atoms with Crippen molar-refractivity contribution in [2.75, 3.05) is 26.1 Å². The second kappa shape index (κ2) is 8.62. The lowest BCUT2D eigenvalue weighted by molar-refractivity contribution is 0.220. The second-order valence-electron chi connectivity index (χ2n) is 5.26. The molecule has 0 aliphatic heterocycles. The minimum atomic E-state index is -0.174. The van der Waals surface area contributed by atoms with Crippen LogP contribution < -0.4 is 14.8 Å². The van der Waals surface area contributed by atoms with Gasteiger partial charge in [0.1, 0.15) is 18.1 Å². The number of hydrogen-bond donors (Lipinski definition) is 1. The fourth-order valence-electron chi connectivity index (χ4n) is 2.09. The number of ether oxygens (including phenoxy) is 2. The molecule has 0 bridgehead atoms. The molecule has 0 aromatic heterocycles. The fourth-order valence-corrected chi connectivity index (χ4v) is 2.09. The molecule has 2 aromatic carbocycles. The topological polar surface area (TPSA) is 50.8 Å². The Kier molecular flexibility index (Phi) is 6.25. The van der Waals surface area contributed by atoms with Crippen molar-refractivity contribution in [1.29, 1.82) is 0 Å². The van der Waals surface area contributed by atoms with Gasteiger partial charge in [-0.15, -0.1) is 0 Å². The van der Waals surface area contributed by atoms with E-state index in [0.29, 0.717) is 13.2 Å². The molecule has 0 heterocycles. The van der Waals surface area contributed by atoms with Gasteiger partial charge in [-0.25, -0.2) is 4.79 Å². The zero-order chi connectivity index (χ0) is 17.4. The third kappa shape index (κ3) is 5.05. The minimum Gasteiger partial charge on any atom is -0.497 e. The first-order chi connectivity index (χ1) is 11.6. The van der Waals surface area contributed by atoms with Gasteiger partial charge in [-0.3, -0.25) is 0 Å². The Morgan fingerprint density at radius 1 is 1.12 bits per heavy atom. The number of carbonyl (C=O) groups excluding carboxylic acids is 1. The molecule has 24 heavy (non-hydrogen) atoms. The zero-order valence-corrected chi connectivity index (χ0v) is 14.0. The highest BCUT2D eigenvalue weighted by molar-refractivity contribution is 5.89. The fraction of sp³-hybridized carbons (Fsp3) is 0.211. The number of urea groups is 1. The molecule has 5 heteroatoms. The third-order valence-electron chi connectivity index (χ3n) is 3.40. The molecule has 0 spiro atoms. The van der Waals surface area contributed by atoms with E-state index in [1.807, 2.05) is 24.3 Å². The van der Waals surface area contributed by atoms with Crippen molar-refractivity contribution in [2.45, 2.75) is 6.54 Å². The Bertz CT molecular complexity index is 666. The lowest BCUT2D eigenvalue weighted by atomic mass is 10.2. The maximum Gasteiger partial charge on any atom is 0.321 e. The summed E-state index contributed by atoms with van der Waals surface area (Å²) in [6.45, 7) is 4.59. The first-order valence-electron chi connectivity index (χ1n) is 7.61. The van der Waals surface area contributed by atoms with Crippen molar-refractivity contribution >= 4 is 11.7 Å². The predicted octanol–water partition coefficient (Wildman–Crippen LogP) is 3.92. The Labute approximate surface area is 142 Å². The van der Waals surface area contributed by atoms with Crippen LogP contribution in [0.5, 0.6) is 11.5 Å². The molecule has 126 valence electrons. The average molecular weight is 326 g/mol. The third-order valence-corrected chi connectivity index (χ3v) is 3.40. The smallest absolute Gasteiger partial charge is 0.321 e. The zero-order valence-electron chi connectivity index (χ0n) is 14.0. The number of anilines is 1. The predicted molar refractivity (Wildman–Crippen MR) is 95.6 cm³/mol. The summed E-state index contributed by atoms with van der Waals surface area (Å²) in [6, 6.07) is 14.7. The van der Waals surface area contributed by atoms with Crippen LogP contribution in [0.4, 0.5) is 10.5 Å². The van der Waals surface area contributed by atoms with Crippen LogP contribution in [0.25, 0.3) is 0 Å². The van der Waals surface area contributed by atoms with E-state index in [0.717, 1.165) is 22.7 Å². The molecule has 2 aromatic rings. The van der Waals surface area contributed by atoms with Gasteiger partial charge < -0.3 is 19.7 Å². The lowest BCUT2D eigenvalue weighted by Gasteiger charge is -2.18. The number of benzene rings is 2. The molecule has 0 aliphatic rings. The summed E-state index contributed by atoms with van der Waals surface area (Å²) in [5.41, 5.74) is 1.74. The van der Waals surface area contributed by atoms with Gasteiger partial charge in [0.05, 0.1) is 7.11 Å². The number of hydrogen-bond acceptors (Lipinski definition) is 3. The quantitative estimate of drug-likeness (QED) is 0.785. The van der Waals surface area contributed by atoms with Gasteiger partial charge in [0.2, 0.25) is 0 Å². The van der Waals surface area contributed by atoms with Crippen molar-refractivity contribution in [3.63, 3.8) is 0 Å². The van der Waals surface area contributed by atoms with Gasteiger partial charge >= 0.3 is 6.03 Å². The molecule has 0 saturated heterocycles. The first-order valence-corrected chi connectivity index (χ1v) is 7.61. The van der Waals surface area contributed by atoms with Gasteiger partial charge in [0, 0.05) is 19.3 Å². The Morgan fingerprint density at radius 3 is 2.33 bits per heavy atom. The minimum absolute atomic E-state index is 0.174. The number of methoxy groups -OCH3 is 1. The summed E-state index contributed by atoms with van der Waals surface area (Å²) >= 11 is 0. The van der Waals surface area contributed by atoms with Crippen LogP contribution in [0.2, 0.25) is 0 Å². The largest absolute Gasteiger partial charge is 0.497 e. The van der Waals surface area contributed by atoms with Crippen LogP contribution >= 0.6 is 0 Å². The Morgan fingerprint density at radius 2 is 1.75 bits per heavy atom. The summed E-state index contributed by atoms with van der Waals surface area (Å²) in [5, 5.41) is 2.85. The van der Waals surface area contributed by atoms with Crippen molar-refractivity contribution in [2.24, 2.45) is 0 Å². The molecule has 2 rings (SSSR count). The Balaban J connectivity index is 1.89. The summed E-state index contributed by atoms with van der Waals surface area (Å²) < 4.78 is 10.5. The lowest BCUT2D eigenvalue weighted by Crippen LogP contribution is -2.30. The molecule has 2 amide bonds. The summed E-state index contributed by atoms with van der Waals surface area (Å²) in [5.74, 6) is 1.53. The van der Waals surface area contributed by atoms with E-state index in [1.165, 1.54) is 0 Å². The SMILES string of the molecule is C=CCOc1ccc(CN(C)C(=O)Nc2ccc(OC)cc2)cc1. The number of carbonyl (C=O) groups is 1. The Hall–Kier alpha value is -2.95. The van der Waals surface area contributed by atoms with Gasteiger partial charge in [-0.1, -0.05) is 24.8 Å². The van der Waals surface area contributed by atoms with Crippen LogP contribution in [0.1, 0.15) is 5.56 Å². The van der Waals surface area contributed by atoms with Gasteiger partial charge in [0.15, 0.2) is 0 Å². The van der Waals surface area contributed by atoms with Crippen molar-refractivity contribution < 1.29 is 14.3 Å². The van der Waals surface area contributed by atoms with Gasteiger partial charge in [-0.05, 0) is 42.0 Å². The van der Waals surface area contributed by atoms with Gasteiger partial charge in [-0.2, -0.15) is 0 Å². The van der Waals surface area contributed by atoms with Crippen LogP contribution in [-0.2, 0) is 6.54 Å². The second-order valence-corrected chi connectivity index (χ2v) is 5.26. The van der Waals surface area contributed by atoms with E-state index in [9.17, 15) is 4.79 Å². The summed E-state index contributed by atoms with van der Waals surface area (Å²) in [7, 11) is 3.36. The van der Waals surface area contributed by atoms with Crippen LogP contribution in [0, 0.1) is 0 Å². The highest BCUT2D eigenvalue weighted by Crippen LogP contribution is 2.16. The van der Waals surface area contributed by atoms with E-state index >= 15 is 0 Å². The molecule has 0 saturated carbocycles. The van der Waals surface area contributed by atoms with Crippen LogP contribution in [0.3, 0.4) is 0 Å².